The summed E-state index contributed by atoms with van der Waals surface area (Å²) < 4.78 is 5.87. The van der Waals surface area contributed by atoms with Crippen molar-refractivity contribution in [2.75, 3.05) is 0 Å². The predicted molar refractivity (Wildman–Crippen MR) is 87.7 cm³/mol. The first-order chi connectivity index (χ1) is 9.88. The van der Waals surface area contributed by atoms with Crippen LogP contribution in [0.1, 0.15) is 22.3 Å². The zero-order chi connectivity index (χ0) is 15.6. The van der Waals surface area contributed by atoms with Crippen molar-refractivity contribution in [3.05, 3.63) is 62.6 Å². The van der Waals surface area contributed by atoms with Gasteiger partial charge in [-0.25, -0.2) is 0 Å². The van der Waals surface area contributed by atoms with Gasteiger partial charge in [0.05, 0.1) is 0 Å². The van der Waals surface area contributed by atoms with Crippen molar-refractivity contribution in [2.24, 2.45) is 5.73 Å². The molecule has 0 saturated carbocycles. The quantitative estimate of drug-likeness (QED) is 0.644. The molecule has 21 heavy (non-hydrogen) atoms. The first-order valence-corrected chi connectivity index (χ1v) is 7.16. The van der Waals surface area contributed by atoms with Gasteiger partial charge in [0.1, 0.15) is 18.2 Å². The molecule has 2 aromatic rings. The maximum atomic E-state index is 7.49. The van der Waals surface area contributed by atoms with Gasteiger partial charge in [-0.1, -0.05) is 29.3 Å². The average Bonchev–Trinajstić information content (AvgIpc) is 2.39. The van der Waals surface area contributed by atoms with E-state index in [0.29, 0.717) is 22.2 Å². The molecule has 3 N–H and O–H groups in total. The average molecular weight is 323 g/mol. The van der Waals surface area contributed by atoms with Crippen LogP contribution in [0, 0.1) is 19.3 Å². The highest BCUT2D eigenvalue weighted by molar-refractivity contribution is 6.35. The fourth-order valence-corrected chi connectivity index (χ4v) is 2.59. The molecule has 2 rings (SSSR count). The minimum atomic E-state index is 0.0495. The van der Waals surface area contributed by atoms with Gasteiger partial charge in [0.2, 0.25) is 0 Å². The number of amidine groups is 1. The van der Waals surface area contributed by atoms with E-state index in [4.69, 9.17) is 39.1 Å². The van der Waals surface area contributed by atoms with Crippen molar-refractivity contribution in [3.8, 4) is 5.75 Å². The number of benzene rings is 2. The first kappa shape index (κ1) is 15.7. The molecule has 0 aromatic heterocycles. The summed E-state index contributed by atoms with van der Waals surface area (Å²) in [4.78, 5) is 0. The normalized spacial score (nSPS) is 10.5. The van der Waals surface area contributed by atoms with Crippen molar-refractivity contribution in [1.29, 1.82) is 5.41 Å². The zero-order valence-corrected chi connectivity index (χ0v) is 13.3. The van der Waals surface area contributed by atoms with Gasteiger partial charge in [0.15, 0.2) is 0 Å². The number of nitrogens with one attached hydrogen (secondary N) is 1. The van der Waals surface area contributed by atoms with Crippen LogP contribution in [0.15, 0.2) is 30.3 Å². The smallest absolute Gasteiger partial charge is 0.125 e. The van der Waals surface area contributed by atoms with Crippen LogP contribution in [0.5, 0.6) is 5.75 Å². The molecule has 0 atom stereocenters. The lowest BCUT2D eigenvalue weighted by atomic mass is 10.1. The number of aryl methyl sites for hydroxylation is 2. The van der Waals surface area contributed by atoms with Crippen LogP contribution >= 0.6 is 23.2 Å². The third-order valence-corrected chi connectivity index (χ3v) is 3.75. The van der Waals surface area contributed by atoms with Crippen LogP contribution < -0.4 is 10.5 Å². The predicted octanol–water partition coefficient (Wildman–Crippen LogP) is 4.47. The summed E-state index contributed by atoms with van der Waals surface area (Å²) in [6.45, 7) is 4.22. The molecule has 0 amide bonds. The molecule has 5 heteroatoms. The molecule has 0 aliphatic rings. The maximum absolute atomic E-state index is 7.49. The van der Waals surface area contributed by atoms with Crippen molar-refractivity contribution in [2.45, 2.75) is 20.5 Å². The molecule has 0 aliphatic carbocycles. The molecular weight excluding hydrogens is 307 g/mol. The lowest BCUT2D eigenvalue weighted by molar-refractivity contribution is 0.302. The van der Waals surface area contributed by atoms with Gasteiger partial charge in [-0.3, -0.25) is 5.41 Å². The number of nitrogens with two attached hydrogens (primary N) is 1. The first-order valence-electron chi connectivity index (χ1n) is 6.41. The van der Waals surface area contributed by atoms with Crippen molar-refractivity contribution >= 4 is 29.0 Å². The largest absolute Gasteiger partial charge is 0.488 e. The Hall–Kier alpha value is -1.71. The van der Waals surface area contributed by atoms with Gasteiger partial charge in [0, 0.05) is 21.2 Å². The number of rotatable bonds is 4. The Morgan fingerprint density at radius 1 is 1.14 bits per heavy atom. The Labute approximate surface area is 134 Å². The van der Waals surface area contributed by atoms with Crippen LogP contribution in [-0.4, -0.2) is 5.84 Å². The molecular formula is C16H16Cl2N2O. The van der Waals surface area contributed by atoms with Crippen LogP contribution in [-0.2, 0) is 6.61 Å². The van der Waals surface area contributed by atoms with Gasteiger partial charge in [-0.15, -0.1) is 0 Å². The minimum Gasteiger partial charge on any atom is -0.488 e. The Morgan fingerprint density at radius 2 is 1.76 bits per heavy atom. The topological polar surface area (TPSA) is 59.1 Å². The van der Waals surface area contributed by atoms with Gasteiger partial charge in [-0.05, 0) is 49.2 Å². The van der Waals surface area contributed by atoms with Gasteiger partial charge in [0.25, 0.3) is 0 Å². The van der Waals surface area contributed by atoms with E-state index in [1.54, 1.807) is 12.1 Å². The third kappa shape index (κ3) is 3.69. The second-order valence-corrected chi connectivity index (χ2v) is 5.72. The van der Waals surface area contributed by atoms with Gasteiger partial charge >= 0.3 is 0 Å². The number of ether oxygens (including phenoxy) is 1. The number of hydrogen-bond acceptors (Lipinski definition) is 2. The molecule has 0 heterocycles. The zero-order valence-electron chi connectivity index (χ0n) is 11.8. The van der Waals surface area contributed by atoms with E-state index in [-0.39, 0.29) is 5.84 Å². The number of halogens is 2. The van der Waals surface area contributed by atoms with Crippen molar-refractivity contribution in [1.82, 2.24) is 0 Å². The van der Waals surface area contributed by atoms with Crippen LogP contribution in [0.25, 0.3) is 0 Å². The number of hydrogen-bond donors (Lipinski definition) is 2. The molecule has 2 aromatic carbocycles. The molecule has 110 valence electrons. The molecule has 3 nitrogen and oxygen atoms in total. The lowest BCUT2D eigenvalue weighted by Crippen LogP contribution is -2.12. The van der Waals surface area contributed by atoms with Crippen molar-refractivity contribution < 1.29 is 4.74 Å². The summed E-state index contributed by atoms with van der Waals surface area (Å²) in [5, 5.41) is 8.67. The van der Waals surface area contributed by atoms with Crippen LogP contribution in [0.2, 0.25) is 10.0 Å². The summed E-state index contributed by atoms with van der Waals surface area (Å²) in [6.07, 6.45) is 0. The summed E-state index contributed by atoms with van der Waals surface area (Å²) in [5.41, 5.74) is 8.95. The molecule has 0 spiro atoms. The van der Waals surface area contributed by atoms with E-state index in [1.165, 1.54) is 0 Å². The second kappa shape index (κ2) is 6.37. The lowest BCUT2D eigenvalue weighted by Gasteiger charge is -2.14. The highest BCUT2D eigenvalue weighted by Crippen LogP contribution is 2.27. The van der Waals surface area contributed by atoms with Gasteiger partial charge < -0.3 is 10.5 Å². The highest BCUT2D eigenvalue weighted by atomic mass is 35.5. The van der Waals surface area contributed by atoms with E-state index in [1.807, 2.05) is 32.0 Å². The monoisotopic (exact) mass is 322 g/mol. The van der Waals surface area contributed by atoms with Crippen LogP contribution in [0.4, 0.5) is 0 Å². The Balaban J connectivity index is 2.22. The van der Waals surface area contributed by atoms with Crippen LogP contribution in [0.3, 0.4) is 0 Å². The fourth-order valence-electron chi connectivity index (χ4n) is 2.12. The van der Waals surface area contributed by atoms with E-state index >= 15 is 0 Å². The molecule has 0 radical (unpaired) electrons. The van der Waals surface area contributed by atoms with E-state index in [0.717, 1.165) is 22.4 Å². The summed E-state index contributed by atoms with van der Waals surface area (Å²) in [6, 6.07) is 9.01. The molecule has 0 unspecified atom stereocenters. The Kier molecular flexibility index (Phi) is 4.76. The molecule has 0 fully saturated rings. The molecule has 0 saturated heterocycles. The highest BCUT2D eigenvalue weighted by Gasteiger charge is 2.09. The third-order valence-electron chi connectivity index (χ3n) is 3.16. The number of nitrogen functional groups attached to an aromatic ring is 1. The summed E-state index contributed by atoms with van der Waals surface area (Å²) in [7, 11) is 0. The summed E-state index contributed by atoms with van der Waals surface area (Å²) >= 11 is 12.0. The summed E-state index contributed by atoms with van der Waals surface area (Å²) in [5.74, 6) is 0.833. The van der Waals surface area contributed by atoms with Gasteiger partial charge in [-0.2, -0.15) is 0 Å². The standard InChI is InChI=1S/C16H16Cl2N2O/c1-9-5-12(16(19)20)6-10(2)15(9)21-8-11-3-4-13(17)7-14(11)18/h3-7H,8H2,1-2H3,(H3,19,20). The second-order valence-electron chi connectivity index (χ2n) is 4.88. The molecule has 0 bridgehead atoms. The maximum Gasteiger partial charge on any atom is 0.125 e. The SMILES string of the molecule is Cc1cc(C(=N)N)cc(C)c1OCc1ccc(Cl)cc1Cl. The fraction of sp³-hybridized carbons (Fsp3) is 0.188. The minimum absolute atomic E-state index is 0.0495. The van der Waals surface area contributed by atoms with E-state index in [2.05, 4.69) is 0 Å². The van der Waals surface area contributed by atoms with Crippen molar-refractivity contribution in [3.63, 3.8) is 0 Å². The van der Waals surface area contributed by atoms with E-state index in [9.17, 15) is 0 Å². The molecule has 0 aliphatic heterocycles. The Morgan fingerprint density at radius 3 is 2.29 bits per heavy atom. The van der Waals surface area contributed by atoms with E-state index < -0.39 is 0 Å². The Bertz CT molecular complexity index is 676.